The van der Waals surface area contributed by atoms with E-state index in [0.717, 1.165) is 5.56 Å². The van der Waals surface area contributed by atoms with Crippen molar-refractivity contribution in [3.8, 4) is 5.75 Å². The summed E-state index contributed by atoms with van der Waals surface area (Å²) >= 11 is 0. The Balaban J connectivity index is 1.99. The molecule has 0 heterocycles. The maximum Gasteiger partial charge on any atom is 0.123 e. The highest BCUT2D eigenvalue weighted by atomic mass is 19.1. The van der Waals surface area contributed by atoms with Crippen LogP contribution in [0.3, 0.4) is 0 Å². The molecular formula is C14H13FO. The molecule has 0 fully saturated rings. The van der Waals surface area contributed by atoms with Gasteiger partial charge in [-0.05, 0) is 36.8 Å². The lowest BCUT2D eigenvalue weighted by molar-refractivity contribution is 0.305. The van der Waals surface area contributed by atoms with Crippen LogP contribution in [0.2, 0.25) is 0 Å². The number of halogens is 1. The van der Waals surface area contributed by atoms with Gasteiger partial charge in [0.25, 0.3) is 0 Å². The molecule has 2 rings (SSSR count). The van der Waals surface area contributed by atoms with Gasteiger partial charge < -0.3 is 4.74 Å². The monoisotopic (exact) mass is 216 g/mol. The van der Waals surface area contributed by atoms with Crippen LogP contribution in [0.5, 0.6) is 5.75 Å². The van der Waals surface area contributed by atoms with Gasteiger partial charge in [-0.3, -0.25) is 0 Å². The highest BCUT2D eigenvalue weighted by Crippen LogP contribution is 2.13. The minimum absolute atomic E-state index is 0.247. The molecule has 0 aliphatic carbocycles. The Kier molecular flexibility index (Phi) is 3.20. The standard InChI is InChI=1S/C14H13FO/c1-11-3-2-4-12(9-11)10-16-14-7-5-13(15)6-8-14/h2-9H,10H2,1H3. The molecule has 0 bridgehead atoms. The largest absolute Gasteiger partial charge is 0.489 e. The average molecular weight is 216 g/mol. The molecular weight excluding hydrogens is 203 g/mol. The van der Waals surface area contributed by atoms with Crippen LogP contribution in [0.25, 0.3) is 0 Å². The fraction of sp³-hybridized carbons (Fsp3) is 0.143. The molecule has 0 unspecified atom stereocenters. The number of rotatable bonds is 3. The van der Waals surface area contributed by atoms with Crippen LogP contribution in [0, 0.1) is 12.7 Å². The lowest BCUT2D eigenvalue weighted by atomic mass is 10.1. The normalized spacial score (nSPS) is 10.1. The van der Waals surface area contributed by atoms with Crippen molar-refractivity contribution < 1.29 is 9.13 Å². The highest BCUT2D eigenvalue weighted by molar-refractivity contribution is 5.25. The molecule has 0 amide bonds. The zero-order chi connectivity index (χ0) is 11.4. The van der Waals surface area contributed by atoms with Crippen LogP contribution >= 0.6 is 0 Å². The van der Waals surface area contributed by atoms with E-state index in [1.165, 1.54) is 17.7 Å². The van der Waals surface area contributed by atoms with Gasteiger partial charge in [-0.25, -0.2) is 4.39 Å². The molecule has 0 spiro atoms. The van der Waals surface area contributed by atoms with Gasteiger partial charge in [-0.1, -0.05) is 29.8 Å². The third-order valence-electron chi connectivity index (χ3n) is 2.30. The molecule has 0 saturated heterocycles. The maximum atomic E-state index is 12.6. The van der Waals surface area contributed by atoms with E-state index >= 15 is 0 Å². The molecule has 0 aliphatic rings. The fourth-order valence-corrected chi connectivity index (χ4v) is 1.50. The molecule has 0 aromatic heterocycles. The first-order valence-corrected chi connectivity index (χ1v) is 5.18. The van der Waals surface area contributed by atoms with E-state index in [1.54, 1.807) is 12.1 Å². The van der Waals surface area contributed by atoms with Crippen molar-refractivity contribution in [3.63, 3.8) is 0 Å². The molecule has 0 aliphatic heterocycles. The Hall–Kier alpha value is -1.83. The van der Waals surface area contributed by atoms with Gasteiger partial charge in [-0.15, -0.1) is 0 Å². The average Bonchev–Trinajstić information content (AvgIpc) is 2.28. The topological polar surface area (TPSA) is 9.23 Å². The van der Waals surface area contributed by atoms with E-state index in [-0.39, 0.29) is 5.82 Å². The van der Waals surface area contributed by atoms with Crippen molar-refractivity contribution in [3.05, 3.63) is 65.5 Å². The SMILES string of the molecule is Cc1cccc(COc2ccc(F)cc2)c1. The summed E-state index contributed by atoms with van der Waals surface area (Å²) in [5.41, 5.74) is 2.32. The van der Waals surface area contributed by atoms with E-state index in [0.29, 0.717) is 12.4 Å². The molecule has 0 N–H and O–H groups in total. The van der Waals surface area contributed by atoms with Gasteiger partial charge >= 0.3 is 0 Å². The maximum absolute atomic E-state index is 12.6. The van der Waals surface area contributed by atoms with Gasteiger partial charge in [0.2, 0.25) is 0 Å². The molecule has 2 heteroatoms. The molecule has 0 atom stereocenters. The summed E-state index contributed by atoms with van der Waals surface area (Å²) in [4.78, 5) is 0. The predicted molar refractivity (Wildman–Crippen MR) is 61.9 cm³/mol. The van der Waals surface area contributed by atoms with Gasteiger partial charge in [0, 0.05) is 0 Å². The second-order valence-electron chi connectivity index (χ2n) is 3.73. The van der Waals surface area contributed by atoms with Crippen molar-refractivity contribution in [1.82, 2.24) is 0 Å². The molecule has 2 aromatic carbocycles. The predicted octanol–water partition coefficient (Wildman–Crippen LogP) is 3.71. The Morgan fingerprint density at radius 1 is 1.06 bits per heavy atom. The summed E-state index contributed by atoms with van der Waals surface area (Å²) in [5, 5.41) is 0. The zero-order valence-corrected chi connectivity index (χ0v) is 9.11. The third kappa shape index (κ3) is 2.83. The van der Waals surface area contributed by atoms with E-state index in [4.69, 9.17) is 4.74 Å². The summed E-state index contributed by atoms with van der Waals surface area (Å²) in [6.45, 7) is 2.55. The Morgan fingerprint density at radius 3 is 2.50 bits per heavy atom. The summed E-state index contributed by atoms with van der Waals surface area (Å²) in [7, 11) is 0. The molecule has 0 radical (unpaired) electrons. The minimum atomic E-state index is -0.247. The Morgan fingerprint density at radius 2 is 1.81 bits per heavy atom. The third-order valence-corrected chi connectivity index (χ3v) is 2.30. The fourth-order valence-electron chi connectivity index (χ4n) is 1.50. The van der Waals surface area contributed by atoms with Gasteiger partial charge in [0.15, 0.2) is 0 Å². The molecule has 2 aromatic rings. The van der Waals surface area contributed by atoms with Gasteiger partial charge in [0.1, 0.15) is 18.2 Å². The molecule has 1 nitrogen and oxygen atoms in total. The first-order valence-electron chi connectivity index (χ1n) is 5.18. The van der Waals surface area contributed by atoms with Crippen LogP contribution in [0.4, 0.5) is 4.39 Å². The van der Waals surface area contributed by atoms with Crippen molar-refractivity contribution in [1.29, 1.82) is 0 Å². The summed E-state index contributed by atoms with van der Waals surface area (Å²) in [6.07, 6.45) is 0. The Bertz CT molecular complexity index is 462. The van der Waals surface area contributed by atoms with Crippen molar-refractivity contribution >= 4 is 0 Å². The van der Waals surface area contributed by atoms with Crippen molar-refractivity contribution in [2.24, 2.45) is 0 Å². The van der Waals surface area contributed by atoms with Crippen LogP contribution in [-0.2, 0) is 6.61 Å². The number of hydrogen-bond acceptors (Lipinski definition) is 1. The summed E-state index contributed by atoms with van der Waals surface area (Å²) in [6, 6.07) is 14.2. The minimum Gasteiger partial charge on any atom is -0.489 e. The lowest BCUT2D eigenvalue weighted by Crippen LogP contribution is -1.95. The van der Waals surface area contributed by atoms with E-state index in [2.05, 4.69) is 6.07 Å². The van der Waals surface area contributed by atoms with Crippen molar-refractivity contribution in [2.45, 2.75) is 13.5 Å². The van der Waals surface area contributed by atoms with Crippen LogP contribution < -0.4 is 4.74 Å². The van der Waals surface area contributed by atoms with E-state index in [1.807, 2.05) is 25.1 Å². The second kappa shape index (κ2) is 4.79. The zero-order valence-electron chi connectivity index (χ0n) is 9.11. The van der Waals surface area contributed by atoms with E-state index in [9.17, 15) is 4.39 Å². The van der Waals surface area contributed by atoms with Crippen LogP contribution in [0.1, 0.15) is 11.1 Å². The van der Waals surface area contributed by atoms with Crippen molar-refractivity contribution in [2.75, 3.05) is 0 Å². The molecule has 0 saturated carbocycles. The first kappa shape index (κ1) is 10.7. The van der Waals surface area contributed by atoms with Gasteiger partial charge in [-0.2, -0.15) is 0 Å². The number of aryl methyl sites for hydroxylation is 1. The van der Waals surface area contributed by atoms with Gasteiger partial charge in [0.05, 0.1) is 0 Å². The van der Waals surface area contributed by atoms with Crippen LogP contribution in [0.15, 0.2) is 48.5 Å². The smallest absolute Gasteiger partial charge is 0.123 e. The number of ether oxygens (including phenoxy) is 1. The van der Waals surface area contributed by atoms with E-state index < -0.39 is 0 Å². The quantitative estimate of drug-likeness (QED) is 0.759. The highest BCUT2D eigenvalue weighted by Gasteiger charge is 1.96. The number of hydrogen-bond donors (Lipinski definition) is 0. The second-order valence-corrected chi connectivity index (χ2v) is 3.73. The Labute approximate surface area is 94.5 Å². The first-order chi connectivity index (χ1) is 7.74. The summed E-state index contributed by atoms with van der Waals surface area (Å²) in [5.74, 6) is 0.436. The number of benzene rings is 2. The van der Waals surface area contributed by atoms with Crippen LogP contribution in [-0.4, -0.2) is 0 Å². The molecule has 82 valence electrons. The lowest BCUT2D eigenvalue weighted by Gasteiger charge is -2.06. The molecule has 16 heavy (non-hydrogen) atoms. The summed E-state index contributed by atoms with van der Waals surface area (Å²) < 4.78 is 18.2.